The number of ketones is 1. The Balaban J connectivity index is 1.73. The smallest absolute Gasteiger partial charge is 0.232 e. The highest BCUT2D eigenvalue weighted by atomic mass is 16.3. The predicted molar refractivity (Wildman–Crippen MR) is 133 cm³/mol. The van der Waals surface area contributed by atoms with Crippen molar-refractivity contribution in [2.75, 3.05) is 0 Å². The van der Waals surface area contributed by atoms with Crippen LogP contribution in [-0.2, 0) is 9.59 Å². The number of hydrogen-bond acceptors (Lipinski definition) is 5. The number of phenolic OH excluding ortho intramolecular Hbond substituents is 1. The van der Waals surface area contributed by atoms with Crippen molar-refractivity contribution in [1.82, 2.24) is 15.5 Å². The van der Waals surface area contributed by atoms with Crippen LogP contribution in [0, 0.1) is 24.2 Å². The number of hydrogen-bond donors (Lipinski definition) is 2. The fourth-order valence-electron chi connectivity index (χ4n) is 3.67. The fraction of sp³-hybridized carbons (Fsp3) is 0.286. The topological polar surface area (TPSA) is 92.2 Å². The van der Waals surface area contributed by atoms with Crippen LogP contribution in [0.2, 0.25) is 0 Å². The van der Waals surface area contributed by atoms with Crippen LogP contribution in [0.1, 0.15) is 45.4 Å². The van der Waals surface area contributed by atoms with E-state index in [0.717, 1.165) is 22.4 Å². The Bertz CT molecular complexity index is 1260. The number of rotatable bonds is 5. The van der Waals surface area contributed by atoms with Crippen molar-refractivity contribution in [3.8, 4) is 40.0 Å². The van der Waals surface area contributed by atoms with Crippen molar-refractivity contribution in [2.24, 2.45) is 5.41 Å². The molecule has 0 radical (unpaired) electrons. The third-order valence-electron chi connectivity index (χ3n) is 5.41. The molecule has 3 aromatic rings. The Morgan fingerprint density at radius 3 is 2.32 bits per heavy atom. The third-order valence-corrected chi connectivity index (χ3v) is 5.41. The zero-order chi connectivity index (χ0) is 24.9. The summed E-state index contributed by atoms with van der Waals surface area (Å²) in [5.74, 6) is 5.69. The average molecular weight is 456 g/mol. The number of phenols is 1. The molecule has 2 aromatic carbocycles. The van der Waals surface area contributed by atoms with Crippen LogP contribution in [0.25, 0.3) is 22.4 Å². The number of para-hydroxylation sites is 1. The molecule has 0 aliphatic rings. The van der Waals surface area contributed by atoms with Crippen LogP contribution < -0.4 is 5.32 Å². The lowest BCUT2D eigenvalue weighted by Crippen LogP contribution is -2.48. The number of nitrogens with one attached hydrogen (secondary N) is 1. The molecule has 0 saturated carbocycles. The lowest BCUT2D eigenvalue weighted by atomic mass is 9.84. The Kier molecular flexibility index (Phi) is 7.47. The monoisotopic (exact) mass is 455 g/mol. The molecule has 174 valence electrons. The number of benzene rings is 2. The molecular weight excluding hydrogens is 426 g/mol. The van der Waals surface area contributed by atoms with Crippen molar-refractivity contribution in [1.29, 1.82) is 0 Å². The van der Waals surface area contributed by atoms with E-state index in [2.05, 4.69) is 27.4 Å². The molecule has 6 heteroatoms. The molecule has 0 aliphatic heterocycles. The van der Waals surface area contributed by atoms with E-state index >= 15 is 0 Å². The van der Waals surface area contributed by atoms with E-state index in [1.54, 1.807) is 18.2 Å². The number of aromatic nitrogens is 2. The van der Waals surface area contributed by atoms with Crippen LogP contribution in [0.3, 0.4) is 0 Å². The second-order valence-electron chi connectivity index (χ2n) is 9.28. The SMILES string of the molecule is CC(=O)[C@@H](NC(=O)CC#Cc1ccc(-c2cc(-c3ccccc3O)nnc2C)cc1)C(C)(C)C. The first kappa shape index (κ1) is 24.7. The standard InChI is InChI=1S/C28H29N3O3/c1-18-23(17-24(31-30-18)22-10-6-7-11-25(22)33)21-15-13-20(14-16-21)9-8-12-26(34)29-27(19(2)32)28(3,4)5/h6-7,10-11,13-17,27,33H,12H2,1-5H3,(H,29,34)/t27-/m1/s1. The summed E-state index contributed by atoms with van der Waals surface area (Å²) >= 11 is 0. The summed E-state index contributed by atoms with van der Waals surface area (Å²) in [5.41, 5.74) is 4.25. The zero-order valence-electron chi connectivity index (χ0n) is 20.1. The fourth-order valence-corrected chi connectivity index (χ4v) is 3.67. The summed E-state index contributed by atoms with van der Waals surface area (Å²) < 4.78 is 0. The summed E-state index contributed by atoms with van der Waals surface area (Å²) in [5, 5.41) is 21.4. The minimum absolute atomic E-state index is 0.0128. The molecule has 0 unspecified atom stereocenters. The molecule has 1 aromatic heterocycles. The summed E-state index contributed by atoms with van der Waals surface area (Å²) in [6.07, 6.45) is 0.0128. The molecule has 34 heavy (non-hydrogen) atoms. The molecule has 0 saturated heterocycles. The largest absolute Gasteiger partial charge is 0.507 e. The van der Waals surface area contributed by atoms with Gasteiger partial charge < -0.3 is 10.4 Å². The third kappa shape index (κ3) is 6.08. The van der Waals surface area contributed by atoms with Crippen molar-refractivity contribution >= 4 is 11.7 Å². The van der Waals surface area contributed by atoms with E-state index in [9.17, 15) is 14.7 Å². The Hall–Kier alpha value is -3.98. The molecule has 6 nitrogen and oxygen atoms in total. The highest BCUT2D eigenvalue weighted by Gasteiger charge is 2.29. The van der Waals surface area contributed by atoms with Gasteiger partial charge in [-0.15, -0.1) is 0 Å². The van der Waals surface area contributed by atoms with Gasteiger partial charge in [-0.2, -0.15) is 10.2 Å². The number of nitrogens with zero attached hydrogens (tertiary/aromatic N) is 2. The van der Waals surface area contributed by atoms with E-state index in [-0.39, 0.29) is 29.3 Å². The Morgan fingerprint density at radius 1 is 1.03 bits per heavy atom. The number of amides is 1. The van der Waals surface area contributed by atoms with Gasteiger partial charge >= 0.3 is 0 Å². The minimum Gasteiger partial charge on any atom is -0.507 e. The van der Waals surface area contributed by atoms with Crippen LogP contribution in [-0.4, -0.2) is 33.0 Å². The number of carbonyl (C=O) groups excluding carboxylic acids is 2. The molecule has 2 N–H and O–H groups in total. The van der Waals surface area contributed by atoms with Gasteiger partial charge in [0, 0.05) is 16.7 Å². The van der Waals surface area contributed by atoms with E-state index < -0.39 is 6.04 Å². The van der Waals surface area contributed by atoms with E-state index in [0.29, 0.717) is 11.3 Å². The van der Waals surface area contributed by atoms with Crippen LogP contribution in [0.4, 0.5) is 0 Å². The molecule has 0 fully saturated rings. The summed E-state index contributed by atoms with van der Waals surface area (Å²) in [7, 11) is 0. The maximum atomic E-state index is 12.2. The molecule has 3 rings (SSSR count). The van der Waals surface area contributed by atoms with Gasteiger partial charge in [-0.1, -0.05) is 56.9 Å². The lowest BCUT2D eigenvalue weighted by Gasteiger charge is -2.29. The van der Waals surface area contributed by atoms with Gasteiger partial charge in [0.15, 0.2) is 5.78 Å². The summed E-state index contributed by atoms with van der Waals surface area (Å²) in [6.45, 7) is 9.11. The number of aryl methyl sites for hydroxylation is 1. The van der Waals surface area contributed by atoms with Crippen molar-refractivity contribution in [3.05, 3.63) is 65.9 Å². The molecule has 1 heterocycles. The molecule has 1 atom stereocenters. The second-order valence-corrected chi connectivity index (χ2v) is 9.28. The first-order chi connectivity index (χ1) is 16.1. The van der Waals surface area contributed by atoms with Crippen LogP contribution in [0.5, 0.6) is 5.75 Å². The highest BCUT2D eigenvalue weighted by Crippen LogP contribution is 2.31. The van der Waals surface area contributed by atoms with Crippen molar-refractivity contribution < 1.29 is 14.7 Å². The van der Waals surface area contributed by atoms with Gasteiger partial charge in [-0.3, -0.25) is 9.59 Å². The molecular formula is C28H29N3O3. The van der Waals surface area contributed by atoms with Gasteiger partial charge in [0.05, 0.1) is 23.9 Å². The molecule has 0 bridgehead atoms. The Labute approximate surface area is 200 Å². The van der Waals surface area contributed by atoms with Crippen molar-refractivity contribution in [2.45, 2.75) is 47.1 Å². The van der Waals surface area contributed by atoms with Gasteiger partial charge in [0.2, 0.25) is 5.91 Å². The first-order valence-corrected chi connectivity index (χ1v) is 11.1. The Morgan fingerprint density at radius 2 is 1.71 bits per heavy atom. The maximum absolute atomic E-state index is 12.2. The van der Waals surface area contributed by atoms with E-state index in [4.69, 9.17) is 0 Å². The van der Waals surface area contributed by atoms with Gasteiger partial charge in [-0.25, -0.2) is 0 Å². The predicted octanol–water partition coefficient (Wildman–Crippen LogP) is 4.69. The van der Waals surface area contributed by atoms with Gasteiger partial charge in [0.1, 0.15) is 5.75 Å². The normalized spacial score (nSPS) is 11.8. The van der Waals surface area contributed by atoms with Crippen molar-refractivity contribution in [3.63, 3.8) is 0 Å². The quantitative estimate of drug-likeness (QED) is 0.545. The van der Waals surface area contributed by atoms with Crippen LogP contribution >= 0.6 is 0 Å². The summed E-state index contributed by atoms with van der Waals surface area (Å²) in [6, 6.07) is 16.0. The molecule has 0 spiro atoms. The average Bonchev–Trinajstić information content (AvgIpc) is 2.78. The van der Waals surface area contributed by atoms with Gasteiger partial charge in [0.25, 0.3) is 0 Å². The second kappa shape index (κ2) is 10.3. The highest BCUT2D eigenvalue weighted by molar-refractivity contribution is 5.89. The maximum Gasteiger partial charge on any atom is 0.232 e. The number of Topliss-reactive ketones (excluding diaryl/α,β-unsaturated/α-hetero) is 1. The first-order valence-electron chi connectivity index (χ1n) is 11.1. The van der Waals surface area contributed by atoms with E-state index in [1.165, 1.54) is 6.92 Å². The zero-order valence-corrected chi connectivity index (χ0v) is 20.1. The number of aromatic hydroxyl groups is 1. The minimum atomic E-state index is -0.541. The van der Waals surface area contributed by atoms with Crippen LogP contribution in [0.15, 0.2) is 54.6 Å². The molecule has 1 amide bonds. The van der Waals surface area contributed by atoms with Gasteiger partial charge in [-0.05, 0) is 55.2 Å². The summed E-state index contributed by atoms with van der Waals surface area (Å²) in [4.78, 5) is 24.1. The lowest BCUT2D eigenvalue weighted by molar-refractivity contribution is -0.128. The van der Waals surface area contributed by atoms with E-state index in [1.807, 2.05) is 64.1 Å². The number of carbonyl (C=O) groups is 2. The molecule has 0 aliphatic carbocycles.